The molecule has 0 aromatic rings. The lowest BCUT2D eigenvalue weighted by Gasteiger charge is -2.02. The smallest absolute Gasteiger partial charge is 0.448 e. The van der Waals surface area contributed by atoms with Crippen LogP contribution in [0.25, 0.3) is 0 Å². The summed E-state index contributed by atoms with van der Waals surface area (Å²) in [7, 11) is 0. The minimum absolute atomic E-state index is 0.347. The number of unbranched alkanes of at least 4 members (excludes halogenated alkanes) is 10. The summed E-state index contributed by atoms with van der Waals surface area (Å²) in [6, 6.07) is 0. The number of hydrogen-bond acceptors (Lipinski definition) is 7. The first-order valence-corrected chi connectivity index (χ1v) is 7.96. The van der Waals surface area contributed by atoms with Crippen LogP contribution in [0.3, 0.4) is 0 Å². The van der Waals surface area contributed by atoms with E-state index in [0.717, 1.165) is 12.8 Å². The van der Waals surface area contributed by atoms with E-state index in [-0.39, 0.29) is 0 Å². The Hall–Kier alpha value is -0.930. The van der Waals surface area contributed by atoms with Gasteiger partial charge >= 0.3 is 6.16 Å². The number of carbonyl (C=O) groups is 1. The average molecular weight is 324 g/mol. The maximum absolute atomic E-state index is 9.80. The van der Waals surface area contributed by atoms with Crippen LogP contribution in [0.4, 0.5) is 4.79 Å². The minimum atomic E-state index is -1.68. The fourth-order valence-electron chi connectivity index (χ4n) is 1.94. The zero-order valence-electron chi connectivity index (χ0n) is 13.3. The highest BCUT2D eigenvalue weighted by molar-refractivity contribution is 5.55. The van der Waals surface area contributed by atoms with Crippen molar-refractivity contribution >= 4 is 6.16 Å². The van der Waals surface area contributed by atoms with Gasteiger partial charge in [0.05, 0.1) is 6.61 Å². The molecule has 0 rings (SSSR count). The SMILES string of the molecule is CCCCCCCCCCCCCOOOOOOC(=O)O. The van der Waals surface area contributed by atoms with E-state index < -0.39 is 6.16 Å². The van der Waals surface area contributed by atoms with Gasteiger partial charge in [0.25, 0.3) is 0 Å². The summed E-state index contributed by atoms with van der Waals surface area (Å²) in [6.45, 7) is 2.58. The van der Waals surface area contributed by atoms with E-state index in [4.69, 9.17) is 5.11 Å². The fourth-order valence-corrected chi connectivity index (χ4v) is 1.94. The molecule has 0 aliphatic heterocycles. The van der Waals surface area contributed by atoms with E-state index in [2.05, 4.69) is 36.9 Å². The van der Waals surface area contributed by atoms with Gasteiger partial charge in [0.1, 0.15) is 0 Å². The topological polar surface area (TPSA) is 92.7 Å². The standard InChI is InChI=1S/C14H28O8/c1-2-3-4-5-6-7-8-9-10-11-12-13-17-19-21-22-20-18-14(15)16/h2-13H2,1H3,(H,15,16). The van der Waals surface area contributed by atoms with Crippen LogP contribution in [0.2, 0.25) is 0 Å². The molecule has 0 amide bonds. The Morgan fingerprint density at radius 1 is 0.727 bits per heavy atom. The number of carboxylic acid groups (broad SMARTS) is 1. The highest BCUT2D eigenvalue weighted by Gasteiger charge is 1.99. The third-order valence-electron chi connectivity index (χ3n) is 3.07. The normalized spacial score (nSPS) is 10.8. The molecule has 8 nitrogen and oxygen atoms in total. The van der Waals surface area contributed by atoms with Crippen LogP contribution in [-0.4, -0.2) is 17.9 Å². The highest BCUT2D eigenvalue weighted by atomic mass is 17.8. The zero-order chi connectivity index (χ0) is 16.3. The molecule has 0 fully saturated rings. The van der Waals surface area contributed by atoms with Crippen molar-refractivity contribution in [1.82, 2.24) is 0 Å². The van der Waals surface area contributed by atoms with E-state index in [1.807, 2.05) is 0 Å². The van der Waals surface area contributed by atoms with Gasteiger partial charge < -0.3 is 5.11 Å². The van der Waals surface area contributed by atoms with Gasteiger partial charge in [-0.15, -0.1) is 0 Å². The second-order valence-electron chi connectivity index (χ2n) is 4.98. The maximum atomic E-state index is 9.80. The molecular formula is C14H28O8. The lowest BCUT2D eigenvalue weighted by molar-refractivity contribution is -0.749. The molecule has 8 heteroatoms. The summed E-state index contributed by atoms with van der Waals surface area (Å²) in [4.78, 5) is 17.9. The summed E-state index contributed by atoms with van der Waals surface area (Å²) in [6.07, 6.45) is 12.0. The molecule has 1 N–H and O–H groups in total. The molecule has 0 aliphatic carbocycles. The van der Waals surface area contributed by atoms with Crippen LogP contribution in [0.15, 0.2) is 0 Å². The quantitative estimate of drug-likeness (QED) is 0.235. The first kappa shape index (κ1) is 21.1. The molecule has 22 heavy (non-hydrogen) atoms. The largest absolute Gasteiger partial charge is 0.540 e. The van der Waals surface area contributed by atoms with E-state index in [0.29, 0.717) is 6.61 Å². The van der Waals surface area contributed by atoms with Crippen molar-refractivity contribution < 1.29 is 39.8 Å². The first-order valence-electron chi connectivity index (χ1n) is 7.96. The first-order chi connectivity index (χ1) is 10.8. The zero-order valence-corrected chi connectivity index (χ0v) is 13.3. The molecule has 0 heterocycles. The Morgan fingerprint density at radius 3 is 1.77 bits per heavy atom. The van der Waals surface area contributed by atoms with Crippen molar-refractivity contribution in [1.29, 1.82) is 0 Å². The molecule has 0 bridgehead atoms. The molecular weight excluding hydrogens is 296 g/mol. The van der Waals surface area contributed by atoms with Gasteiger partial charge in [-0.2, -0.15) is 0 Å². The average Bonchev–Trinajstić information content (AvgIpc) is 2.50. The Morgan fingerprint density at radius 2 is 1.23 bits per heavy atom. The van der Waals surface area contributed by atoms with Crippen molar-refractivity contribution in [2.75, 3.05) is 6.61 Å². The van der Waals surface area contributed by atoms with Crippen molar-refractivity contribution in [3.8, 4) is 0 Å². The minimum Gasteiger partial charge on any atom is -0.448 e. The molecule has 0 aromatic carbocycles. The van der Waals surface area contributed by atoms with Crippen molar-refractivity contribution in [2.45, 2.75) is 77.6 Å². The van der Waals surface area contributed by atoms with Gasteiger partial charge in [0.2, 0.25) is 0 Å². The molecule has 132 valence electrons. The van der Waals surface area contributed by atoms with Crippen molar-refractivity contribution in [2.24, 2.45) is 0 Å². The predicted molar refractivity (Wildman–Crippen MR) is 75.9 cm³/mol. The second kappa shape index (κ2) is 18.1. The van der Waals surface area contributed by atoms with Gasteiger partial charge in [0.15, 0.2) is 0 Å². The Labute approximate surface area is 131 Å². The van der Waals surface area contributed by atoms with Gasteiger partial charge in [-0.1, -0.05) is 71.1 Å². The highest BCUT2D eigenvalue weighted by Crippen LogP contribution is 2.11. The van der Waals surface area contributed by atoms with Crippen molar-refractivity contribution in [3.05, 3.63) is 0 Å². The number of rotatable bonds is 17. The van der Waals surface area contributed by atoms with Gasteiger partial charge in [-0.05, 0) is 16.5 Å². The van der Waals surface area contributed by atoms with Crippen LogP contribution in [-0.2, 0) is 29.9 Å². The Kier molecular flexibility index (Phi) is 17.4. The van der Waals surface area contributed by atoms with Gasteiger partial charge in [-0.3, -0.25) is 0 Å². The predicted octanol–water partition coefficient (Wildman–Crippen LogP) is 4.65. The van der Waals surface area contributed by atoms with Crippen LogP contribution in [0.1, 0.15) is 77.6 Å². The van der Waals surface area contributed by atoms with Crippen LogP contribution >= 0.6 is 0 Å². The maximum Gasteiger partial charge on any atom is 0.540 e. The summed E-state index contributed by atoms with van der Waals surface area (Å²) in [5, 5.41) is 23.2. The van der Waals surface area contributed by atoms with Crippen LogP contribution < -0.4 is 0 Å². The van der Waals surface area contributed by atoms with Crippen LogP contribution in [0, 0.1) is 0 Å². The fraction of sp³-hybridized carbons (Fsp3) is 0.929. The van der Waals surface area contributed by atoms with E-state index in [1.165, 1.54) is 57.8 Å². The lowest BCUT2D eigenvalue weighted by atomic mass is 10.1. The van der Waals surface area contributed by atoms with Crippen molar-refractivity contribution in [3.63, 3.8) is 0 Å². The Bertz CT molecular complexity index is 237. The monoisotopic (exact) mass is 324 g/mol. The molecule has 0 saturated carbocycles. The summed E-state index contributed by atoms with van der Waals surface area (Å²) in [5.74, 6) is 0. The Balaban J connectivity index is 2.95. The van der Waals surface area contributed by atoms with E-state index >= 15 is 0 Å². The third-order valence-corrected chi connectivity index (χ3v) is 3.07. The summed E-state index contributed by atoms with van der Waals surface area (Å²) >= 11 is 0. The van der Waals surface area contributed by atoms with Crippen LogP contribution in [0.5, 0.6) is 0 Å². The van der Waals surface area contributed by atoms with E-state index in [1.54, 1.807) is 0 Å². The third kappa shape index (κ3) is 19.1. The second-order valence-corrected chi connectivity index (χ2v) is 4.98. The van der Waals surface area contributed by atoms with Gasteiger partial charge in [0, 0.05) is 10.1 Å². The molecule has 0 aliphatic rings. The summed E-state index contributed by atoms with van der Waals surface area (Å²) in [5.41, 5.74) is 0. The van der Waals surface area contributed by atoms with Gasteiger partial charge in [-0.25, -0.2) is 14.6 Å². The van der Waals surface area contributed by atoms with E-state index in [9.17, 15) is 4.79 Å². The summed E-state index contributed by atoms with van der Waals surface area (Å²) < 4.78 is 0. The molecule has 0 unspecified atom stereocenters. The molecule has 0 radical (unpaired) electrons. The number of hydrogen-bond donors (Lipinski definition) is 1. The molecule has 0 atom stereocenters. The molecule has 0 spiro atoms. The molecule has 0 saturated heterocycles. The molecule has 0 aromatic heterocycles. The lowest BCUT2D eigenvalue weighted by Crippen LogP contribution is -2.05.